The first-order valence-electron chi connectivity index (χ1n) is 7.44. The minimum absolute atomic E-state index is 0.0807. The van der Waals surface area contributed by atoms with Gasteiger partial charge in [0.1, 0.15) is 18.1 Å². The Balaban J connectivity index is 1.81. The molecule has 0 amide bonds. The van der Waals surface area contributed by atoms with Crippen LogP contribution in [0.4, 0.5) is 0 Å². The van der Waals surface area contributed by atoms with Crippen LogP contribution in [-0.2, 0) is 19.7 Å². The largest absolute Gasteiger partial charge is 0.482 e. The SMILES string of the molecule is CCCn1cc(OCc2ccc(CNC(C)(C)C)o2)cn1. The van der Waals surface area contributed by atoms with Crippen LogP contribution in [0.1, 0.15) is 45.6 Å². The Morgan fingerprint density at radius 2 is 2.05 bits per heavy atom. The highest BCUT2D eigenvalue weighted by atomic mass is 16.5. The Morgan fingerprint density at radius 1 is 1.29 bits per heavy atom. The summed E-state index contributed by atoms with van der Waals surface area (Å²) in [7, 11) is 0. The fourth-order valence-electron chi connectivity index (χ4n) is 1.87. The second kappa shape index (κ2) is 6.80. The molecule has 0 fully saturated rings. The highest BCUT2D eigenvalue weighted by molar-refractivity contribution is 5.13. The summed E-state index contributed by atoms with van der Waals surface area (Å²) in [6, 6.07) is 3.94. The normalized spacial score (nSPS) is 11.8. The van der Waals surface area contributed by atoms with Gasteiger partial charge in [0.2, 0.25) is 0 Å². The van der Waals surface area contributed by atoms with Crippen LogP contribution in [0.2, 0.25) is 0 Å². The smallest absolute Gasteiger partial charge is 0.157 e. The zero-order valence-electron chi connectivity index (χ0n) is 13.3. The summed E-state index contributed by atoms with van der Waals surface area (Å²) in [5.74, 6) is 2.52. The number of rotatable bonds is 7. The molecule has 0 aliphatic carbocycles. The van der Waals surface area contributed by atoms with Gasteiger partial charge >= 0.3 is 0 Å². The molecule has 0 aromatic carbocycles. The Morgan fingerprint density at radius 3 is 2.76 bits per heavy atom. The van der Waals surface area contributed by atoms with E-state index < -0.39 is 0 Å². The topological polar surface area (TPSA) is 52.2 Å². The highest BCUT2D eigenvalue weighted by Gasteiger charge is 2.10. The summed E-state index contributed by atoms with van der Waals surface area (Å²) in [6.45, 7) is 10.6. The number of furan rings is 1. The van der Waals surface area contributed by atoms with E-state index in [1.54, 1.807) is 6.20 Å². The van der Waals surface area contributed by atoms with E-state index in [4.69, 9.17) is 9.15 Å². The summed E-state index contributed by atoms with van der Waals surface area (Å²) >= 11 is 0. The van der Waals surface area contributed by atoms with Crippen molar-refractivity contribution in [3.05, 3.63) is 36.0 Å². The molecular weight excluding hydrogens is 266 g/mol. The second-order valence-corrected chi connectivity index (χ2v) is 6.20. The molecule has 0 saturated carbocycles. The predicted octanol–water partition coefficient (Wildman–Crippen LogP) is 3.35. The molecule has 0 saturated heterocycles. The van der Waals surface area contributed by atoms with Crippen LogP contribution >= 0.6 is 0 Å². The molecule has 0 spiro atoms. The maximum atomic E-state index is 5.74. The van der Waals surface area contributed by atoms with Crippen LogP contribution in [0.15, 0.2) is 28.9 Å². The lowest BCUT2D eigenvalue weighted by Gasteiger charge is -2.19. The lowest BCUT2D eigenvalue weighted by atomic mass is 10.1. The van der Waals surface area contributed by atoms with Crippen molar-refractivity contribution in [2.75, 3.05) is 0 Å². The zero-order chi connectivity index (χ0) is 15.3. The van der Waals surface area contributed by atoms with Crippen LogP contribution in [0.5, 0.6) is 5.75 Å². The van der Waals surface area contributed by atoms with Gasteiger partial charge in [-0.1, -0.05) is 6.92 Å². The summed E-state index contributed by atoms with van der Waals surface area (Å²) in [4.78, 5) is 0. The third kappa shape index (κ3) is 5.27. The Bertz CT molecular complexity index is 552. The van der Waals surface area contributed by atoms with Gasteiger partial charge in [0.15, 0.2) is 5.75 Å². The van der Waals surface area contributed by atoms with Gasteiger partial charge in [-0.05, 0) is 39.3 Å². The maximum Gasteiger partial charge on any atom is 0.157 e. The third-order valence-corrected chi connectivity index (χ3v) is 2.95. The molecular formula is C16H25N3O2. The molecule has 5 heteroatoms. The van der Waals surface area contributed by atoms with E-state index >= 15 is 0 Å². The Hall–Kier alpha value is -1.75. The standard InChI is InChI=1S/C16H25N3O2/c1-5-8-19-11-15(10-18-19)20-12-14-7-6-13(21-14)9-17-16(2,3)4/h6-7,10-11,17H,5,8-9,12H2,1-4H3. The molecule has 2 rings (SSSR count). The molecule has 2 heterocycles. The summed E-state index contributed by atoms with van der Waals surface area (Å²) in [5.41, 5.74) is 0.0807. The molecule has 2 aromatic heterocycles. The predicted molar refractivity (Wildman–Crippen MR) is 82.2 cm³/mol. The number of aryl methyl sites for hydroxylation is 1. The van der Waals surface area contributed by atoms with Crippen molar-refractivity contribution < 1.29 is 9.15 Å². The molecule has 0 atom stereocenters. The number of aromatic nitrogens is 2. The van der Waals surface area contributed by atoms with Crippen LogP contribution in [-0.4, -0.2) is 15.3 Å². The average Bonchev–Trinajstić information content (AvgIpc) is 3.02. The first-order valence-corrected chi connectivity index (χ1v) is 7.44. The van der Waals surface area contributed by atoms with E-state index in [0.717, 1.165) is 36.8 Å². The Labute approximate surface area is 126 Å². The van der Waals surface area contributed by atoms with Gasteiger partial charge in [-0.3, -0.25) is 4.68 Å². The quantitative estimate of drug-likeness (QED) is 0.850. The van der Waals surface area contributed by atoms with Crippen molar-refractivity contribution in [1.29, 1.82) is 0 Å². The van der Waals surface area contributed by atoms with Crippen LogP contribution < -0.4 is 10.1 Å². The van der Waals surface area contributed by atoms with Gasteiger partial charge < -0.3 is 14.5 Å². The van der Waals surface area contributed by atoms with Crippen molar-refractivity contribution in [2.45, 2.75) is 59.4 Å². The number of hydrogen-bond donors (Lipinski definition) is 1. The summed E-state index contributed by atoms with van der Waals surface area (Å²) < 4.78 is 13.3. The lowest BCUT2D eigenvalue weighted by Crippen LogP contribution is -2.34. The van der Waals surface area contributed by atoms with Crippen LogP contribution in [0, 0.1) is 0 Å². The van der Waals surface area contributed by atoms with Crippen LogP contribution in [0.25, 0.3) is 0 Å². The van der Waals surface area contributed by atoms with Crippen molar-refractivity contribution in [2.24, 2.45) is 0 Å². The molecule has 0 aliphatic rings. The third-order valence-electron chi connectivity index (χ3n) is 2.95. The van der Waals surface area contributed by atoms with E-state index in [1.165, 1.54) is 0 Å². The van der Waals surface area contributed by atoms with E-state index in [0.29, 0.717) is 6.61 Å². The number of hydrogen-bond acceptors (Lipinski definition) is 4. The number of nitrogens with one attached hydrogen (secondary N) is 1. The van der Waals surface area contributed by atoms with Gasteiger partial charge in [0.25, 0.3) is 0 Å². The fraction of sp³-hybridized carbons (Fsp3) is 0.562. The summed E-state index contributed by atoms with van der Waals surface area (Å²) in [6.07, 6.45) is 4.71. The fourth-order valence-corrected chi connectivity index (χ4v) is 1.87. The highest BCUT2D eigenvalue weighted by Crippen LogP contribution is 2.14. The number of nitrogens with zero attached hydrogens (tertiary/aromatic N) is 2. The van der Waals surface area contributed by atoms with Gasteiger partial charge in [0.05, 0.1) is 18.9 Å². The molecule has 0 bridgehead atoms. The monoisotopic (exact) mass is 291 g/mol. The lowest BCUT2D eigenvalue weighted by molar-refractivity contribution is 0.262. The molecule has 5 nitrogen and oxygen atoms in total. The van der Waals surface area contributed by atoms with Crippen LogP contribution in [0.3, 0.4) is 0 Å². The van der Waals surface area contributed by atoms with Crippen molar-refractivity contribution >= 4 is 0 Å². The summed E-state index contributed by atoms with van der Waals surface area (Å²) in [5, 5.41) is 7.63. The molecule has 2 aromatic rings. The minimum atomic E-state index is 0.0807. The van der Waals surface area contributed by atoms with Gasteiger partial charge in [0, 0.05) is 12.1 Å². The molecule has 0 radical (unpaired) electrons. The first-order chi connectivity index (χ1) is 9.96. The first kappa shape index (κ1) is 15.6. The van der Waals surface area contributed by atoms with E-state index in [2.05, 4.69) is 38.1 Å². The minimum Gasteiger partial charge on any atom is -0.482 e. The van der Waals surface area contributed by atoms with Crippen molar-refractivity contribution in [3.63, 3.8) is 0 Å². The Kier molecular flexibility index (Phi) is 5.07. The maximum absolute atomic E-state index is 5.74. The van der Waals surface area contributed by atoms with Gasteiger partial charge in [-0.2, -0.15) is 5.10 Å². The van der Waals surface area contributed by atoms with E-state index in [-0.39, 0.29) is 5.54 Å². The molecule has 0 unspecified atom stereocenters. The van der Waals surface area contributed by atoms with E-state index in [9.17, 15) is 0 Å². The second-order valence-electron chi connectivity index (χ2n) is 6.20. The van der Waals surface area contributed by atoms with Crippen molar-refractivity contribution in [1.82, 2.24) is 15.1 Å². The number of ether oxygens (including phenoxy) is 1. The van der Waals surface area contributed by atoms with E-state index in [1.807, 2.05) is 23.0 Å². The zero-order valence-corrected chi connectivity index (χ0v) is 13.3. The molecule has 0 aliphatic heterocycles. The average molecular weight is 291 g/mol. The van der Waals surface area contributed by atoms with Gasteiger partial charge in [-0.15, -0.1) is 0 Å². The molecule has 116 valence electrons. The van der Waals surface area contributed by atoms with Crippen molar-refractivity contribution in [3.8, 4) is 5.75 Å². The van der Waals surface area contributed by atoms with Gasteiger partial charge in [-0.25, -0.2) is 0 Å². The molecule has 21 heavy (non-hydrogen) atoms. The molecule has 1 N–H and O–H groups in total.